The molecule has 86 valence electrons. The van der Waals surface area contributed by atoms with E-state index < -0.39 is 0 Å². The van der Waals surface area contributed by atoms with E-state index in [1.54, 1.807) is 24.4 Å². The van der Waals surface area contributed by atoms with Gasteiger partial charge in [0.2, 0.25) is 0 Å². The Kier molecular flexibility index (Phi) is 4.06. The predicted octanol–water partition coefficient (Wildman–Crippen LogP) is 5.40. The third kappa shape index (κ3) is 3.47. The maximum Gasteiger partial charge on any atom is 0.0817 e. The van der Waals surface area contributed by atoms with Gasteiger partial charge >= 0.3 is 0 Å². The predicted molar refractivity (Wildman–Crippen MR) is 75.2 cm³/mol. The molecule has 17 heavy (non-hydrogen) atoms. The fourth-order valence-electron chi connectivity index (χ4n) is 1.32. The van der Waals surface area contributed by atoms with Gasteiger partial charge < -0.3 is 0 Å². The molecule has 0 bridgehead atoms. The molecule has 0 saturated heterocycles. The summed E-state index contributed by atoms with van der Waals surface area (Å²) in [6.07, 6.45) is 1.71. The molecule has 2 aromatic carbocycles. The summed E-state index contributed by atoms with van der Waals surface area (Å²) in [7, 11) is 0. The second kappa shape index (κ2) is 5.54. The molecule has 0 aromatic heterocycles. The number of hydrogen-bond acceptors (Lipinski definition) is 1. The molecule has 1 nitrogen and oxygen atoms in total. The van der Waals surface area contributed by atoms with Crippen molar-refractivity contribution in [3.63, 3.8) is 0 Å². The summed E-state index contributed by atoms with van der Waals surface area (Å²) in [6.45, 7) is 0. The summed E-state index contributed by atoms with van der Waals surface area (Å²) in [5.41, 5.74) is 1.60. The zero-order valence-corrected chi connectivity index (χ0v) is 11.0. The van der Waals surface area contributed by atoms with Gasteiger partial charge in [-0.2, -0.15) is 0 Å². The van der Waals surface area contributed by atoms with E-state index in [1.165, 1.54) is 0 Å². The van der Waals surface area contributed by atoms with Crippen LogP contribution in [0.15, 0.2) is 47.5 Å². The summed E-state index contributed by atoms with van der Waals surface area (Å²) in [6, 6.07) is 12.6. The van der Waals surface area contributed by atoms with Crippen LogP contribution in [-0.2, 0) is 0 Å². The van der Waals surface area contributed by atoms with Crippen LogP contribution in [0.5, 0.6) is 0 Å². The Labute approximate surface area is 115 Å². The molecular weight excluding hydrogens is 277 g/mol. The molecule has 2 rings (SSSR count). The highest BCUT2D eigenvalue weighted by Gasteiger charge is 1.98. The van der Waals surface area contributed by atoms with Crippen molar-refractivity contribution in [1.29, 1.82) is 0 Å². The van der Waals surface area contributed by atoms with Crippen LogP contribution < -0.4 is 0 Å². The Morgan fingerprint density at radius 2 is 1.65 bits per heavy atom. The van der Waals surface area contributed by atoms with Gasteiger partial charge in [-0.1, -0.05) is 46.9 Å². The van der Waals surface area contributed by atoms with Crippen LogP contribution in [0, 0.1) is 0 Å². The van der Waals surface area contributed by atoms with Crippen molar-refractivity contribution in [2.45, 2.75) is 0 Å². The lowest BCUT2D eigenvalue weighted by Crippen LogP contribution is -1.79. The zero-order chi connectivity index (χ0) is 12.3. The summed E-state index contributed by atoms with van der Waals surface area (Å²) in [5.74, 6) is 0. The number of halogens is 3. The van der Waals surface area contributed by atoms with Gasteiger partial charge in [-0.3, -0.25) is 4.99 Å². The van der Waals surface area contributed by atoms with E-state index in [0.29, 0.717) is 20.8 Å². The number of aliphatic imine (C=N–C) groups is 1. The summed E-state index contributed by atoms with van der Waals surface area (Å²) < 4.78 is 0. The molecule has 0 radical (unpaired) electrons. The van der Waals surface area contributed by atoms with Crippen molar-refractivity contribution < 1.29 is 0 Å². The minimum atomic E-state index is 0.524. The van der Waals surface area contributed by atoms with E-state index in [2.05, 4.69) is 4.99 Å². The fraction of sp³-hybridized carbons (Fsp3) is 0. The van der Waals surface area contributed by atoms with Crippen LogP contribution >= 0.6 is 34.8 Å². The second-order valence-corrected chi connectivity index (χ2v) is 4.69. The Balaban J connectivity index is 2.26. The van der Waals surface area contributed by atoms with E-state index in [9.17, 15) is 0 Å². The molecule has 0 heterocycles. The molecule has 4 heteroatoms. The monoisotopic (exact) mass is 283 g/mol. The molecule has 0 atom stereocenters. The topological polar surface area (TPSA) is 12.4 Å². The standard InChI is InChI=1S/C13H8Cl3N/c14-10-3-1-2-9(6-10)8-17-13-5-4-11(15)7-12(13)16/h1-8H. The lowest BCUT2D eigenvalue weighted by molar-refractivity contribution is 1.52. The summed E-state index contributed by atoms with van der Waals surface area (Å²) >= 11 is 17.7. The lowest BCUT2D eigenvalue weighted by atomic mass is 10.2. The van der Waals surface area contributed by atoms with Crippen LogP contribution in [0.1, 0.15) is 5.56 Å². The maximum absolute atomic E-state index is 6.00. The van der Waals surface area contributed by atoms with Gasteiger partial charge in [-0.05, 0) is 35.9 Å². The van der Waals surface area contributed by atoms with Crippen molar-refractivity contribution in [2.24, 2.45) is 4.99 Å². The first kappa shape index (κ1) is 12.4. The highest BCUT2D eigenvalue weighted by Crippen LogP contribution is 2.27. The molecule has 0 fully saturated rings. The number of nitrogens with zero attached hydrogens (tertiary/aromatic N) is 1. The lowest BCUT2D eigenvalue weighted by Gasteiger charge is -1.98. The Bertz CT molecular complexity index is 564. The molecular formula is C13H8Cl3N. The third-order valence-electron chi connectivity index (χ3n) is 2.11. The minimum absolute atomic E-state index is 0.524. The second-order valence-electron chi connectivity index (χ2n) is 3.41. The first-order valence-corrected chi connectivity index (χ1v) is 6.03. The van der Waals surface area contributed by atoms with Crippen molar-refractivity contribution >= 4 is 46.7 Å². The van der Waals surface area contributed by atoms with E-state index in [4.69, 9.17) is 34.8 Å². The smallest absolute Gasteiger partial charge is 0.0817 e. The van der Waals surface area contributed by atoms with E-state index in [1.807, 2.05) is 24.3 Å². The highest BCUT2D eigenvalue weighted by molar-refractivity contribution is 6.36. The van der Waals surface area contributed by atoms with Crippen LogP contribution in [0.3, 0.4) is 0 Å². The Hall–Kier alpha value is -1.02. The minimum Gasteiger partial charge on any atom is -0.255 e. The molecule has 0 saturated carbocycles. The molecule has 0 aliphatic carbocycles. The molecule has 0 aliphatic rings. The average molecular weight is 285 g/mol. The van der Waals surface area contributed by atoms with Gasteiger partial charge in [0.25, 0.3) is 0 Å². The van der Waals surface area contributed by atoms with Gasteiger partial charge in [0, 0.05) is 16.3 Å². The zero-order valence-electron chi connectivity index (χ0n) is 8.70. The van der Waals surface area contributed by atoms with Crippen LogP contribution in [0.25, 0.3) is 0 Å². The third-order valence-corrected chi connectivity index (χ3v) is 2.88. The first-order valence-electron chi connectivity index (χ1n) is 4.90. The SMILES string of the molecule is Clc1cccc(C=Nc2ccc(Cl)cc2Cl)c1. The molecule has 0 unspecified atom stereocenters. The van der Waals surface area contributed by atoms with E-state index in [-0.39, 0.29) is 0 Å². The van der Waals surface area contributed by atoms with Crippen LogP contribution in [0.2, 0.25) is 15.1 Å². The average Bonchev–Trinajstić information content (AvgIpc) is 2.28. The van der Waals surface area contributed by atoms with Crippen molar-refractivity contribution in [3.05, 3.63) is 63.1 Å². The molecule has 0 spiro atoms. The molecule has 0 aliphatic heterocycles. The van der Waals surface area contributed by atoms with E-state index in [0.717, 1.165) is 5.56 Å². The van der Waals surface area contributed by atoms with Crippen LogP contribution in [-0.4, -0.2) is 6.21 Å². The number of hydrogen-bond donors (Lipinski definition) is 0. The normalized spacial score (nSPS) is 11.0. The van der Waals surface area contributed by atoms with Gasteiger partial charge in [0.1, 0.15) is 0 Å². The first-order chi connectivity index (χ1) is 8.15. The molecule has 0 N–H and O–H groups in total. The largest absolute Gasteiger partial charge is 0.255 e. The van der Waals surface area contributed by atoms with Gasteiger partial charge in [-0.15, -0.1) is 0 Å². The van der Waals surface area contributed by atoms with E-state index >= 15 is 0 Å². The molecule has 2 aromatic rings. The Morgan fingerprint density at radius 3 is 2.35 bits per heavy atom. The highest BCUT2D eigenvalue weighted by atomic mass is 35.5. The fourth-order valence-corrected chi connectivity index (χ4v) is 1.97. The summed E-state index contributed by atoms with van der Waals surface area (Å²) in [4.78, 5) is 4.28. The van der Waals surface area contributed by atoms with Crippen molar-refractivity contribution in [1.82, 2.24) is 0 Å². The number of rotatable bonds is 2. The van der Waals surface area contributed by atoms with Gasteiger partial charge in [0.05, 0.1) is 10.7 Å². The molecule has 0 amide bonds. The summed E-state index contributed by atoms with van der Waals surface area (Å²) in [5, 5.41) is 1.80. The quantitative estimate of drug-likeness (QED) is 0.655. The van der Waals surface area contributed by atoms with Crippen LogP contribution in [0.4, 0.5) is 5.69 Å². The Morgan fingerprint density at radius 1 is 0.882 bits per heavy atom. The van der Waals surface area contributed by atoms with Gasteiger partial charge in [-0.25, -0.2) is 0 Å². The van der Waals surface area contributed by atoms with Gasteiger partial charge in [0.15, 0.2) is 0 Å². The number of benzene rings is 2. The van der Waals surface area contributed by atoms with Crippen molar-refractivity contribution in [2.75, 3.05) is 0 Å². The van der Waals surface area contributed by atoms with Crippen molar-refractivity contribution in [3.8, 4) is 0 Å². The maximum atomic E-state index is 6.00.